The molecule has 0 amide bonds. The molecule has 1 aliphatic heterocycles. The summed E-state index contributed by atoms with van der Waals surface area (Å²) in [5.74, 6) is 1.19. The Balaban J connectivity index is 1.83. The van der Waals surface area contributed by atoms with Crippen molar-refractivity contribution in [3.05, 3.63) is 33.7 Å². The number of hydrogen-bond donors (Lipinski definition) is 2. The van der Waals surface area contributed by atoms with Gasteiger partial charge in [-0.25, -0.2) is 4.98 Å². The van der Waals surface area contributed by atoms with E-state index in [4.69, 9.17) is 10.9 Å². The van der Waals surface area contributed by atoms with Gasteiger partial charge in [-0.15, -0.1) is 21.2 Å². The Hall–Kier alpha value is -2.09. The van der Waals surface area contributed by atoms with E-state index in [-0.39, 0.29) is 5.49 Å². The summed E-state index contributed by atoms with van der Waals surface area (Å²) in [5.41, 5.74) is 8.24. The number of hydrogen-bond acceptors (Lipinski definition) is 7. The Kier molecular flexibility index (Phi) is 3.78. The first-order valence-corrected chi connectivity index (χ1v) is 7.75. The summed E-state index contributed by atoms with van der Waals surface area (Å²) in [4.78, 5) is 7.82. The lowest BCUT2D eigenvalue weighted by atomic mass is 9.99. The minimum atomic E-state index is 0.109. The third-order valence-corrected chi connectivity index (χ3v) is 4.75. The van der Waals surface area contributed by atoms with E-state index in [2.05, 4.69) is 25.6 Å². The predicted octanol–water partition coefficient (Wildman–Crippen LogP) is 2.31. The van der Waals surface area contributed by atoms with Crippen LogP contribution in [-0.4, -0.2) is 28.0 Å². The van der Waals surface area contributed by atoms with Crippen LogP contribution in [-0.2, 0) is 0 Å². The number of nitrogens with zero attached hydrogens (tertiary/aromatic N) is 5. The SMILES string of the molecule is Cc1csc(C2CCCN(c3ccc(=N)n(N=N)n3)C2)n1. The van der Waals surface area contributed by atoms with E-state index < -0.39 is 0 Å². The maximum Gasteiger partial charge on any atom is 0.168 e. The predicted molar refractivity (Wildman–Crippen MR) is 79.7 cm³/mol. The van der Waals surface area contributed by atoms with Crippen molar-refractivity contribution in [3.8, 4) is 0 Å². The first-order chi connectivity index (χ1) is 10.2. The van der Waals surface area contributed by atoms with Gasteiger partial charge in [0.15, 0.2) is 11.3 Å². The molecule has 0 aromatic carbocycles. The third-order valence-electron chi connectivity index (χ3n) is 3.63. The molecule has 2 aromatic rings. The summed E-state index contributed by atoms with van der Waals surface area (Å²) in [6.45, 7) is 3.83. The normalized spacial score (nSPS) is 18.7. The Morgan fingerprint density at radius 1 is 1.43 bits per heavy atom. The molecule has 3 rings (SSSR count). The van der Waals surface area contributed by atoms with Crippen LogP contribution in [0.15, 0.2) is 22.7 Å². The molecule has 3 heterocycles. The van der Waals surface area contributed by atoms with Gasteiger partial charge in [0.05, 0.1) is 5.01 Å². The van der Waals surface area contributed by atoms with Gasteiger partial charge in [0.1, 0.15) is 0 Å². The summed E-state index contributed by atoms with van der Waals surface area (Å²) in [5, 5.41) is 18.4. The first-order valence-electron chi connectivity index (χ1n) is 6.87. The molecule has 1 fully saturated rings. The molecular weight excluding hydrogens is 286 g/mol. The molecule has 0 aliphatic carbocycles. The van der Waals surface area contributed by atoms with Crippen LogP contribution in [0.25, 0.3) is 0 Å². The highest BCUT2D eigenvalue weighted by atomic mass is 32.1. The van der Waals surface area contributed by atoms with Gasteiger partial charge in [0.2, 0.25) is 0 Å². The molecule has 1 atom stereocenters. The molecule has 1 unspecified atom stereocenters. The molecule has 21 heavy (non-hydrogen) atoms. The van der Waals surface area contributed by atoms with Gasteiger partial charge >= 0.3 is 0 Å². The van der Waals surface area contributed by atoms with Crippen LogP contribution in [0.1, 0.15) is 29.5 Å². The molecular formula is C13H17N7S. The second kappa shape index (κ2) is 5.72. The van der Waals surface area contributed by atoms with Crippen LogP contribution in [0, 0.1) is 17.9 Å². The fourth-order valence-corrected chi connectivity index (χ4v) is 3.52. The topological polar surface area (TPSA) is 94.0 Å². The van der Waals surface area contributed by atoms with Crippen LogP contribution in [0.4, 0.5) is 5.82 Å². The standard InChI is InChI=1S/C13H17N7S/c1-9-8-21-13(16-9)10-3-2-6-19(7-10)12-5-4-11(14)20(17-12)18-15/h4-5,8,10,14-15H,2-3,6-7H2,1H3. The lowest BCUT2D eigenvalue weighted by Gasteiger charge is -2.32. The Labute approximate surface area is 126 Å². The maximum atomic E-state index is 7.62. The second-order valence-electron chi connectivity index (χ2n) is 5.18. The molecule has 0 spiro atoms. The van der Waals surface area contributed by atoms with Gasteiger partial charge in [-0.05, 0) is 31.9 Å². The molecule has 0 bridgehead atoms. The van der Waals surface area contributed by atoms with E-state index in [0.29, 0.717) is 5.92 Å². The van der Waals surface area contributed by atoms with Crippen molar-refractivity contribution < 1.29 is 0 Å². The molecule has 7 nitrogen and oxygen atoms in total. The Bertz CT molecular complexity index is 705. The molecule has 2 aromatic heterocycles. The zero-order chi connectivity index (χ0) is 14.8. The van der Waals surface area contributed by atoms with E-state index in [1.165, 1.54) is 5.01 Å². The summed E-state index contributed by atoms with van der Waals surface area (Å²) < 4.78 is 0. The van der Waals surface area contributed by atoms with Crippen molar-refractivity contribution in [1.82, 2.24) is 14.9 Å². The monoisotopic (exact) mass is 303 g/mol. The van der Waals surface area contributed by atoms with Gasteiger partial charge in [-0.1, -0.05) is 5.22 Å². The highest BCUT2D eigenvalue weighted by Gasteiger charge is 2.24. The summed E-state index contributed by atoms with van der Waals surface area (Å²) in [6.07, 6.45) is 2.23. The molecule has 110 valence electrons. The smallest absolute Gasteiger partial charge is 0.168 e. The highest BCUT2D eigenvalue weighted by Crippen LogP contribution is 2.30. The minimum Gasteiger partial charge on any atom is -0.354 e. The molecule has 1 aliphatic rings. The fraction of sp³-hybridized carbons (Fsp3) is 0.462. The van der Waals surface area contributed by atoms with Gasteiger partial charge < -0.3 is 4.90 Å². The van der Waals surface area contributed by atoms with Crippen molar-refractivity contribution in [1.29, 1.82) is 10.9 Å². The average Bonchev–Trinajstić information content (AvgIpc) is 2.94. The number of nitrogens with one attached hydrogen (secondary N) is 2. The van der Waals surface area contributed by atoms with Gasteiger partial charge in [0, 0.05) is 30.1 Å². The lowest BCUT2D eigenvalue weighted by Crippen LogP contribution is -2.36. The first kappa shape index (κ1) is 13.9. The van der Waals surface area contributed by atoms with Crippen LogP contribution in [0.5, 0.6) is 0 Å². The van der Waals surface area contributed by atoms with Crippen molar-refractivity contribution in [2.75, 3.05) is 18.0 Å². The molecule has 2 N–H and O–H groups in total. The zero-order valence-electron chi connectivity index (χ0n) is 11.8. The summed E-state index contributed by atoms with van der Waals surface area (Å²) in [7, 11) is 0. The van der Waals surface area contributed by atoms with Gasteiger partial charge in [-0.3, -0.25) is 5.41 Å². The molecule has 0 radical (unpaired) electrons. The van der Waals surface area contributed by atoms with Gasteiger partial charge in [0.25, 0.3) is 0 Å². The van der Waals surface area contributed by atoms with E-state index in [1.54, 1.807) is 17.4 Å². The second-order valence-corrected chi connectivity index (χ2v) is 6.07. The van der Waals surface area contributed by atoms with E-state index in [1.807, 2.05) is 13.0 Å². The largest absolute Gasteiger partial charge is 0.354 e. The number of anilines is 1. The van der Waals surface area contributed by atoms with E-state index in [0.717, 1.165) is 42.2 Å². The Morgan fingerprint density at radius 2 is 2.29 bits per heavy atom. The third kappa shape index (κ3) is 2.85. The summed E-state index contributed by atoms with van der Waals surface area (Å²) in [6, 6.07) is 3.44. The minimum absolute atomic E-state index is 0.109. The van der Waals surface area contributed by atoms with Crippen LogP contribution in [0.2, 0.25) is 0 Å². The van der Waals surface area contributed by atoms with Crippen LogP contribution >= 0.6 is 11.3 Å². The van der Waals surface area contributed by atoms with Crippen molar-refractivity contribution in [2.45, 2.75) is 25.7 Å². The van der Waals surface area contributed by atoms with E-state index >= 15 is 0 Å². The van der Waals surface area contributed by atoms with Gasteiger partial charge in [-0.2, -0.15) is 5.53 Å². The maximum absolute atomic E-state index is 7.62. The fourth-order valence-electron chi connectivity index (χ4n) is 2.60. The number of aryl methyl sites for hydroxylation is 1. The summed E-state index contributed by atoms with van der Waals surface area (Å²) >= 11 is 1.72. The van der Waals surface area contributed by atoms with Crippen LogP contribution < -0.4 is 10.4 Å². The number of aromatic nitrogens is 3. The quantitative estimate of drug-likeness (QED) is 0.852. The molecule has 0 saturated carbocycles. The number of thiazole rings is 1. The zero-order valence-corrected chi connectivity index (χ0v) is 12.6. The van der Waals surface area contributed by atoms with Crippen molar-refractivity contribution in [2.24, 2.45) is 5.22 Å². The highest BCUT2D eigenvalue weighted by molar-refractivity contribution is 7.09. The van der Waals surface area contributed by atoms with Crippen LogP contribution in [0.3, 0.4) is 0 Å². The molecule has 8 heteroatoms. The van der Waals surface area contributed by atoms with E-state index in [9.17, 15) is 0 Å². The lowest BCUT2D eigenvalue weighted by molar-refractivity contribution is 0.496. The average molecular weight is 303 g/mol. The number of rotatable bonds is 3. The molecule has 1 saturated heterocycles. The Morgan fingerprint density at radius 3 is 3.00 bits per heavy atom. The number of piperidine rings is 1. The van der Waals surface area contributed by atoms with Crippen molar-refractivity contribution >= 4 is 17.2 Å². The van der Waals surface area contributed by atoms with Crippen molar-refractivity contribution in [3.63, 3.8) is 0 Å².